The van der Waals surface area contributed by atoms with E-state index >= 15 is 0 Å². The second-order valence-corrected chi connectivity index (χ2v) is 7.05. The third kappa shape index (κ3) is 7.05. The van der Waals surface area contributed by atoms with E-state index in [1.54, 1.807) is 4.57 Å². The highest BCUT2D eigenvalue weighted by molar-refractivity contribution is 7.99. The Balaban J connectivity index is 1.75. The van der Waals surface area contributed by atoms with Crippen LogP contribution in [0.3, 0.4) is 0 Å². The first-order valence-electron chi connectivity index (χ1n) is 8.76. The summed E-state index contributed by atoms with van der Waals surface area (Å²) in [6.45, 7) is 5.69. The maximum atomic E-state index is 11.9. The smallest absolute Gasteiger partial charge is 0.343 e. The zero-order chi connectivity index (χ0) is 18.8. The van der Waals surface area contributed by atoms with Crippen molar-refractivity contribution in [2.75, 3.05) is 18.9 Å². The van der Waals surface area contributed by atoms with Crippen LogP contribution in [0.25, 0.3) is 0 Å². The third-order valence-electron chi connectivity index (χ3n) is 3.62. The number of benzene rings is 1. The van der Waals surface area contributed by atoms with Gasteiger partial charge in [0.1, 0.15) is 0 Å². The van der Waals surface area contributed by atoms with Gasteiger partial charge in [0.05, 0.1) is 11.9 Å². The average Bonchev–Trinajstić information content (AvgIpc) is 2.98. The molecule has 142 valence electrons. The molecule has 2 rings (SSSR count). The number of ether oxygens (including phenoxy) is 1. The predicted molar refractivity (Wildman–Crippen MR) is 102 cm³/mol. The molecule has 0 spiro atoms. The van der Waals surface area contributed by atoms with Crippen LogP contribution in [0.4, 0.5) is 0 Å². The Morgan fingerprint density at radius 3 is 2.85 bits per heavy atom. The van der Waals surface area contributed by atoms with E-state index in [9.17, 15) is 9.59 Å². The van der Waals surface area contributed by atoms with Gasteiger partial charge in [0.25, 0.3) is 0 Å². The summed E-state index contributed by atoms with van der Waals surface area (Å²) >= 11 is 1.26. The van der Waals surface area contributed by atoms with Crippen LogP contribution in [0.5, 0.6) is 0 Å². The van der Waals surface area contributed by atoms with Crippen LogP contribution in [-0.2, 0) is 22.5 Å². The first kappa shape index (κ1) is 20.3. The lowest BCUT2D eigenvalue weighted by atomic mass is 10.1. The van der Waals surface area contributed by atoms with Crippen molar-refractivity contribution >= 4 is 17.7 Å². The number of hydrogen-bond acceptors (Lipinski definition) is 5. The van der Waals surface area contributed by atoms with E-state index in [1.165, 1.54) is 11.8 Å². The van der Waals surface area contributed by atoms with Crippen LogP contribution >= 0.6 is 11.8 Å². The molecular formula is C18H26N4O3S. The van der Waals surface area contributed by atoms with Crippen molar-refractivity contribution in [1.29, 1.82) is 0 Å². The lowest BCUT2D eigenvalue weighted by Crippen LogP contribution is -2.27. The largest absolute Gasteiger partial charge is 0.379 e. The van der Waals surface area contributed by atoms with Crippen molar-refractivity contribution in [2.45, 2.75) is 44.5 Å². The molecule has 0 saturated heterocycles. The molecule has 2 N–H and O–H groups in total. The van der Waals surface area contributed by atoms with Gasteiger partial charge >= 0.3 is 5.69 Å². The first-order valence-corrected chi connectivity index (χ1v) is 9.75. The fraction of sp³-hybridized carbons (Fsp3) is 0.500. The second kappa shape index (κ2) is 10.8. The van der Waals surface area contributed by atoms with Crippen molar-refractivity contribution in [3.05, 3.63) is 46.4 Å². The van der Waals surface area contributed by atoms with Crippen molar-refractivity contribution in [2.24, 2.45) is 0 Å². The number of nitrogens with zero attached hydrogens (tertiary/aromatic N) is 2. The molecule has 1 aromatic carbocycles. The fourth-order valence-electron chi connectivity index (χ4n) is 2.30. The monoisotopic (exact) mass is 378 g/mol. The predicted octanol–water partition coefficient (Wildman–Crippen LogP) is 1.84. The van der Waals surface area contributed by atoms with E-state index in [0.717, 1.165) is 18.4 Å². The number of amides is 1. The summed E-state index contributed by atoms with van der Waals surface area (Å²) < 4.78 is 7.00. The molecular weight excluding hydrogens is 352 g/mol. The number of H-pyrrole nitrogens is 1. The molecule has 1 amide bonds. The van der Waals surface area contributed by atoms with Crippen LogP contribution in [-0.4, -0.2) is 45.7 Å². The van der Waals surface area contributed by atoms with Gasteiger partial charge in [-0.05, 0) is 32.3 Å². The summed E-state index contributed by atoms with van der Waals surface area (Å²) in [5, 5.41) is 9.85. The Kier molecular flexibility index (Phi) is 8.43. The van der Waals surface area contributed by atoms with Crippen LogP contribution < -0.4 is 11.0 Å². The van der Waals surface area contributed by atoms with E-state index in [2.05, 4.69) is 15.5 Å². The number of rotatable bonds is 11. The lowest BCUT2D eigenvalue weighted by molar-refractivity contribution is -0.118. The van der Waals surface area contributed by atoms with E-state index in [4.69, 9.17) is 4.74 Å². The van der Waals surface area contributed by atoms with Gasteiger partial charge in [0, 0.05) is 19.7 Å². The maximum Gasteiger partial charge on any atom is 0.343 e. The highest BCUT2D eigenvalue weighted by Gasteiger charge is 2.11. The number of aryl methyl sites for hydroxylation is 1. The van der Waals surface area contributed by atoms with Gasteiger partial charge in [0.15, 0.2) is 5.16 Å². The van der Waals surface area contributed by atoms with Crippen LogP contribution in [0.15, 0.2) is 40.3 Å². The molecule has 0 fully saturated rings. The summed E-state index contributed by atoms with van der Waals surface area (Å²) in [4.78, 5) is 23.8. The number of carbonyl (C=O) groups excluding carboxylic acids is 1. The average molecular weight is 378 g/mol. The standard InChI is InChI=1S/C18H26N4O3S/c1-14(2)25-12-6-10-19-16(23)13-26-18-21-20-17(24)22(18)11-9-15-7-4-3-5-8-15/h3-5,7-8,14H,6,9-13H2,1-2H3,(H,19,23)(H,20,24). The number of aromatic nitrogens is 3. The van der Waals surface area contributed by atoms with E-state index < -0.39 is 0 Å². The molecule has 0 unspecified atom stereocenters. The second-order valence-electron chi connectivity index (χ2n) is 6.11. The van der Waals surface area contributed by atoms with Crippen molar-refractivity contribution in [1.82, 2.24) is 20.1 Å². The van der Waals surface area contributed by atoms with Gasteiger partial charge in [-0.2, -0.15) is 0 Å². The molecule has 1 aromatic heterocycles. The Morgan fingerprint density at radius 1 is 1.35 bits per heavy atom. The molecule has 0 aliphatic heterocycles. The highest BCUT2D eigenvalue weighted by atomic mass is 32.2. The highest BCUT2D eigenvalue weighted by Crippen LogP contribution is 2.13. The van der Waals surface area contributed by atoms with Crippen molar-refractivity contribution in [3.63, 3.8) is 0 Å². The molecule has 0 saturated carbocycles. The Bertz CT molecular complexity index is 728. The number of nitrogens with one attached hydrogen (secondary N) is 2. The van der Waals surface area contributed by atoms with Crippen LogP contribution in [0.1, 0.15) is 25.8 Å². The maximum absolute atomic E-state index is 11.9. The molecule has 2 aromatic rings. The quantitative estimate of drug-likeness (QED) is 0.460. The van der Waals surface area contributed by atoms with Crippen molar-refractivity contribution < 1.29 is 9.53 Å². The van der Waals surface area contributed by atoms with Gasteiger partial charge in [-0.3, -0.25) is 9.36 Å². The molecule has 0 bridgehead atoms. The third-order valence-corrected chi connectivity index (χ3v) is 4.59. The van der Waals surface area contributed by atoms with Gasteiger partial charge in [-0.15, -0.1) is 5.10 Å². The molecule has 8 heteroatoms. The summed E-state index contributed by atoms with van der Waals surface area (Å²) in [5.74, 6) is 0.144. The SMILES string of the molecule is CC(C)OCCCNC(=O)CSc1n[nH]c(=O)n1CCc1ccccc1. The summed E-state index contributed by atoms with van der Waals surface area (Å²) in [5.41, 5.74) is 0.896. The molecule has 0 atom stereocenters. The van der Waals surface area contributed by atoms with Gasteiger partial charge in [-0.1, -0.05) is 42.1 Å². The summed E-state index contributed by atoms with van der Waals surface area (Å²) in [7, 11) is 0. The van der Waals surface area contributed by atoms with E-state index in [0.29, 0.717) is 24.9 Å². The van der Waals surface area contributed by atoms with Crippen LogP contribution in [0.2, 0.25) is 0 Å². The minimum Gasteiger partial charge on any atom is -0.379 e. The summed E-state index contributed by atoms with van der Waals surface area (Å²) in [6, 6.07) is 9.95. The Morgan fingerprint density at radius 2 is 2.12 bits per heavy atom. The Labute approximate surface area is 157 Å². The number of carbonyl (C=O) groups is 1. The normalized spacial score (nSPS) is 11.0. The number of aromatic amines is 1. The van der Waals surface area contributed by atoms with E-state index in [1.807, 2.05) is 44.2 Å². The molecule has 26 heavy (non-hydrogen) atoms. The van der Waals surface area contributed by atoms with Gasteiger partial charge < -0.3 is 10.1 Å². The number of thioether (sulfide) groups is 1. The topological polar surface area (TPSA) is 89.0 Å². The molecule has 7 nitrogen and oxygen atoms in total. The summed E-state index contributed by atoms with van der Waals surface area (Å²) in [6.07, 6.45) is 1.71. The zero-order valence-electron chi connectivity index (χ0n) is 15.2. The lowest BCUT2D eigenvalue weighted by Gasteiger charge is -2.08. The van der Waals surface area contributed by atoms with Gasteiger partial charge in [-0.25, -0.2) is 9.89 Å². The molecule has 1 heterocycles. The Hall–Kier alpha value is -2.06. The zero-order valence-corrected chi connectivity index (χ0v) is 16.1. The van der Waals surface area contributed by atoms with Crippen molar-refractivity contribution in [3.8, 4) is 0 Å². The molecule has 0 aliphatic rings. The fourth-order valence-corrected chi connectivity index (χ4v) is 3.10. The van der Waals surface area contributed by atoms with Crippen LogP contribution in [0, 0.1) is 0 Å². The number of hydrogen-bond donors (Lipinski definition) is 2. The minimum atomic E-state index is -0.255. The van der Waals surface area contributed by atoms with Gasteiger partial charge in [0.2, 0.25) is 5.91 Å². The molecule has 0 aliphatic carbocycles. The first-order chi connectivity index (χ1) is 12.6. The van der Waals surface area contributed by atoms with E-state index in [-0.39, 0.29) is 23.5 Å². The minimum absolute atomic E-state index is 0.0791. The molecule has 0 radical (unpaired) electrons.